The number of hydrogen-bond acceptors (Lipinski definition) is 4. The fourth-order valence-corrected chi connectivity index (χ4v) is 0.353. The van der Waals surface area contributed by atoms with Crippen molar-refractivity contribution in [3.8, 4) is 18.2 Å². The van der Waals surface area contributed by atoms with Crippen LogP contribution in [-0.4, -0.2) is 5.78 Å². The molecule has 0 aromatic heterocycles. The fraction of sp³-hybridized carbons (Fsp3) is 0.333. The zero-order valence-corrected chi connectivity index (χ0v) is 5.03. The second-order valence-electron chi connectivity index (χ2n) is 1.49. The summed E-state index contributed by atoms with van der Waals surface area (Å²) in [6, 6.07) is 4.51. The van der Waals surface area contributed by atoms with Crippen LogP contribution in [0.3, 0.4) is 0 Å². The van der Waals surface area contributed by atoms with E-state index in [1.807, 2.05) is 0 Å². The smallest absolute Gasteiger partial charge is 0.192 e. The van der Waals surface area contributed by atoms with E-state index in [0.717, 1.165) is 0 Å². The molecule has 4 nitrogen and oxygen atoms in total. The van der Waals surface area contributed by atoms with Gasteiger partial charge >= 0.3 is 0 Å². The van der Waals surface area contributed by atoms with Crippen LogP contribution in [0.25, 0.3) is 0 Å². The van der Waals surface area contributed by atoms with Crippen molar-refractivity contribution >= 4 is 5.78 Å². The van der Waals surface area contributed by atoms with Crippen molar-refractivity contribution in [2.75, 3.05) is 0 Å². The van der Waals surface area contributed by atoms with Gasteiger partial charge < -0.3 is 0 Å². The summed E-state index contributed by atoms with van der Waals surface area (Å²) in [7, 11) is 0. The van der Waals surface area contributed by atoms with Crippen molar-refractivity contribution in [2.45, 2.75) is 6.42 Å². The minimum Gasteiger partial charge on any atom is -0.296 e. The number of ketones is 1. The number of carbonyl (C=O) groups excluding carboxylic acids is 1. The molecule has 0 aliphatic carbocycles. The lowest BCUT2D eigenvalue weighted by atomic mass is 10.1. The molecule has 0 saturated carbocycles. The zero-order chi connectivity index (χ0) is 7.98. The third-order valence-corrected chi connectivity index (χ3v) is 0.833. The Morgan fingerprint density at radius 1 is 1.30 bits per heavy atom. The number of hydrogen-bond donors (Lipinski definition) is 0. The topological polar surface area (TPSA) is 88.4 Å². The number of Topliss-reactive ketones (excluding diaryl/α,β-unsaturated/α-hetero) is 1. The first-order valence-corrected chi connectivity index (χ1v) is 2.45. The summed E-state index contributed by atoms with van der Waals surface area (Å²) in [5, 5.41) is 24.2. The molecule has 0 N–H and O–H groups in total. The Balaban J connectivity index is 4.13. The van der Waals surface area contributed by atoms with E-state index in [2.05, 4.69) is 0 Å². The van der Waals surface area contributed by atoms with Gasteiger partial charge in [0.25, 0.3) is 0 Å². The molecule has 0 aliphatic rings. The number of rotatable bonds is 2. The molecule has 0 atom stereocenters. The van der Waals surface area contributed by atoms with Gasteiger partial charge in [0.15, 0.2) is 11.7 Å². The van der Waals surface area contributed by atoms with Gasteiger partial charge in [0.05, 0.1) is 24.6 Å². The second-order valence-corrected chi connectivity index (χ2v) is 1.49. The monoisotopic (exact) mass is 133 g/mol. The molecule has 0 rings (SSSR count). The van der Waals surface area contributed by atoms with Gasteiger partial charge in [-0.05, 0) is 0 Å². The maximum absolute atomic E-state index is 10.5. The Hall–Kier alpha value is -1.86. The lowest BCUT2D eigenvalue weighted by Gasteiger charge is -1.89. The van der Waals surface area contributed by atoms with Gasteiger partial charge in [-0.25, -0.2) is 0 Å². The molecule has 48 valence electrons. The quantitative estimate of drug-likeness (QED) is 0.535. The number of nitriles is 3. The lowest BCUT2D eigenvalue weighted by molar-refractivity contribution is -0.119. The molecule has 0 spiro atoms. The van der Waals surface area contributed by atoms with Gasteiger partial charge in [-0.3, -0.25) is 4.79 Å². The Kier molecular flexibility index (Phi) is 3.31. The van der Waals surface area contributed by atoms with Crippen molar-refractivity contribution in [1.29, 1.82) is 15.8 Å². The highest BCUT2D eigenvalue weighted by Crippen LogP contribution is 1.96. The molecule has 0 amide bonds. The van der Waals surface area contributed by atoms with Crippen molar-refractivity contribution in [1.82, 2.24) is 0 Å². The van der Waals surface area contributed by atoms with E-state index in [0.29, 0.717) is 0 Å². The molecule has 0 aliphatic heterocycles. The standard InChI is InChI=1S/C6H3N3O/c7-2-1-6(10)5(3-8)4-9/h5H,1H2. The summed E-state index contributed by atoms with van der Waals surface area (Å²) in [6.45, 7) is 0. The summed E-state index contributed by atoms with van der Waals surface area (Å²) in [4.78, 5) is 10.5. The van der Waals surface area contributed by atoms with Crippen LogP contribution in [0.15, 0.2) is 0 Å². The number of carbonyl (C=O) groups is 1. The first-order valence-electron chi connectivity index (χ1n) is 2.45. The largest absolute Gasteiger partial charge is 0.296 e. The van der Waals surface area contributed by atoms with Crippen LogP contribution >= 0.6 is 0 Å². The molecule has 4 heteroatoms. The first kappa shape index (κ1) is 8.14. The number of nitrogens with zero attached hydrogens (tertiary/aromatic N) is 3. The third kappa shape index (κ3) is 1.94. The molecule has 0 bridgehead atoms. The molecule has 0 heterocycles. The van der Waals surface area contributed by atoms with Crippen LogP contribution < -0.4 is 0 Å². The van der Waals surface area contributed by atoms with Gasteiger partial charge in [-0.1, -0.05) is 0 Å². The van der Waals surface area contributed by atoms with Crippen LogP contribution in [0.4, 0.5) is 0 Å². The summed E-state index contributed by atoms with van der Waals surface area (Å²) < 4.78 is 0. The molecule has 0 aromatic rings. The Labute approximate surface area is 57.9 Å². The molecule has 10 heavy (non-hydrogen) atoms. The molecule has 0 radical (unpaired) electrons. The third-order valence-electron chi connectivity index (χ3n) is 0.833. The Morgan fingerprint density at radius 2 is 1.80 bits per heavy atom. The van der Waals surface area contributed by atoms with Gasteiger partial charge in [0, 0.05) is 0 Å². The fourth-order valence-electron chi connectivity index (χ4n) is 0.353. The highest BCUT2D eigenvalue weighted by molar-refractivity contribution is 5.87. The Bertz CT molecular complexity index is 236. The van der Waals surface area contributed by atoms with Gasteiger partial charge in [0.1, 0.15) is 0 Å². The predicted molar refractivity (Wildman–Crippen MR) is 30.0 cm³/mol. The van der Waals surface area contributed by atoms with E-state index in [1.54, 1.807) is 6.07 Å². The second kappa shape index (κ2) is 4.06. The molecule has 0 fully saturated rings. The van der Waals surface area contributed by atoms with Gasteiger partial charge in [0.2, 0.25) is 0 Å². The summed E-state index contributed by atoms with van der Waals surface area (Å²) in [6.07, 6.45) is -0.369. The van der Waals surface area contributed by atoms with E-state index >= 15 is 0 Å². The zero-order valence-electron chi connectivity index (χ0n) is 5.03. The Morgan fingerprint density at radius 3 is 2.10 bits per heavy atom. The minimum absolute atomic E-state index is 0.369. The normalized spacial score (nSPS) is 7.40. The average molecular weight is 133 g/mol. The van der Waals surface area contributed by atoms with E-state index in [4.69, 9.17) is 15.8 Å². The van der Waals surface area contributed by atoms with Crippen molar-refractivity contribution in [2.24, 2.45) is 5.92 Å². The average Bonchev–Trinajstić information content (AvgIpc) is 1.91. The van der Waals surface area contributed by atoms with Crippen molar-refractivity contribution in [3.63, 3.8) is 0 Å². The van der Waals surface area contributed by atoms with Crippen LogP contribution in [0.5, 0.6) is 0 Å². The van der Waals surface area contributed by atoms with Gasteiger partial charge in [-0.15, -0.1) is 0 Å². The summed E-state index contributed by atoms with van der Waals surface area (Å²) in [5.41, 5.74) is 0. The lowest BCUT2D eigenvalue weighted by Crippen LogP contribution is -2.08. The molecule has 0 aromatic carbocycles. The van der Waals surface area contributed by atoms with Gasteiger partial charge in [-0.2, -0.15) is 15.8 Å². The maximum Gasteiger partial charge on any atom is 0.192 e. The molecular weight excluding hydrogens is 130 g/mol. The molecular formula is C6H3N3O. The summed E-state index contributed by atoms with van der Waals surface area (Å²) >= 11 is 0. The van der Waals surface area contributed by atoms with Crippen LogP contribution in [-0.2, 0) is 4.79 Å². The van der Waals surface area contributed by atoms with Crippen molar-refractivity contribution in [3.05, 3.63) is 0 Å². The maximum atomic E-state index is 10.5. The molecule has 0 saturated heterocycles. The first-order chi connectivity index (χ1) is 4.76. The van der Waals surface area contributed by atoms with Crippen LogP contribution in [0, 0.1) is 39.9 Å². The van der Waals surface area contributed by atoms with Crippen LogP contribution in [0.2, 0.25) is 0 Å². The van der Waals surface area contributed by atoms with Crippen molar-refractivity contribution < 1.29 is 4.79 Å². The highest BCUT2D eigenvalue weighted by Gasteiger charge is 2.15. The van der Waals surface area contributed by atoms with E-state index in [1.165, 1.54) is 12.1 Å². The predicted octanol–water partition coefficient (Wildman–Crippen LogP) is 0.133. The minimum atomic E-state index is -1.28. The van der Waals surface area contributed by atoms with E-state index in [9.17, 15) is 4.79 Å². The van der Waals surface area contributed by atoms with E-state index < -0.39 is 11.7 Å². The highest BCUT2D eigenvalue weighted by atomic mass is 16.1. The molecule has 0 unspecified atom stereocenters. The van der Waals surface area contributed by atoms with E-state index in [-0.39, 0.29) is 6.42 Å². The van der Waals surface area contributed by atoms with Crippen LogP contribution in [0.1, 0.15) is 6.42 Å². The summed E-state index contributed by atoms with van der Waals surface area (Å²) in [5.74, 6) is -1.91. The SMILES string of the molecule is N#CCC(=O)C(C#N)C#N.